The van der Waals surface area contributed by atoms with Crippen LogP contribution >= 0.6 is 0 Å². The monoisotopic (exact) mass is 258 g/mol. The van der Waals surface area contributed by atoms with Gasteiger partial charge in [0.15, 0.2) is 5.43 Å². The largest absolute Gasteiger partial charge is 0.358 e. The van der Waals surface area contributed by atoms with Gasteiger partial charge < -0.3 is 4.98 Å². The predicted octanol–water partition coefficient (Wildman–Crippen LogP) is 3.64. The number of nitrogens with zero attached hydrogens (tertiary/aromatic N) is 1. The Balaban J connectivity index is 2.54. The Morgan fingerprint density at radius 2 is 1.89 bits per heavy atom. The molecule has 0 aromatic carbocycles. The highest BCUT2D eigenvalue weighted by Gasteiger charge is 2.28. The van der Waals surface area contributed by atoms with Gasteiger partial charge >= 0.3 is 0 Å². The number of aromatic nitrogens is 2. The van der Waals surface area contributed by atoms with Crippen LogP contribution in [-0.2, 0) is 5.41 Å². The lowest BCUT2D eigenvalue weighted by molar-refractivity contribution is 0.280. The Hall–Kier alpha value is -1.64. The molecule has 19 heavy (non-hydrogen) atoms. The maximum atomic E-state index is 12.2. The van der Waals surface area contributed by atoms with E-state index >= 15 is 0 Å². The number of nitrogens with one attached hydrogen (secondary N) is 1. The summed E-state index contributed by atoms with van der Waals surface area (Å²) in [7, 11) is 0. The van der Waals surface area contributed by atoms with Crippen LogP contribution in [0, 0.1) is 5.41 Å². The number of hydrogen-bond donors (Lipinski definition) is 1. The first-order valence-electron chi connectivity index (χ1n) is 6.67. The maximum Gasteiger partial charge on any atom is 0.191 e. The summed E-state index contributed by atoms with van der Waals surface area (Å²) in [6.07, 6.45) is 4.33. The van der Waals surface area contributed by atoms with Crippen molar-refractivity contribution in [3.8, 4) is 0 Å². The molecule has 0 amide bonds. The van der Waals surface area contributed by atoms with E-state index in [0.29, 0.717) is 5.39 Å². The number of pyridine rings is 2. The molecule has 2 heterocycles. The quantitative estimate of drug-likeness (QED) is 0.894. The zero-order valence-electron chi connectivity index (χ0n) is 12.4. The van der Waals surface area contributed by atoms with E-state index in [4.69, 9.17) is 0 Å². The van der Waals surface area contributed by atoms with Gasteiger partial charge in [-0.2, -0.15) is 0 Å². The molecule has 0 unspecified atom stereocenters. The molecule has 3 nitrogen and oxygen atoms in total. The number of hydrogen-bond acceptors (Lipinski definition) is 2. The molecule has 0 atom stereocenters. The lowest BCUT2D eigenvalue weighted by Gasteiger charge is -2.32. The van der Waals surface area contributed by atoms with Crippen molar-refractivity contribution in [2.75, 3.05) is 0 Å². The molecule has 2 aromatic heterocycles. The first kappa shape index (κ1) is 13.8. The van der Waals surface area contributed by atoms with Gasteiger partial charge in [-0.15, -0.1) is 0 Å². The van der Waals surface area contributed by atoms with Crippen molar-refractivity contribution in [3.63, 3.8) is 0 Å². The summed E-state index contributed by atoms with van der Waals surface area (Å²) in [6.45, 7) is 11.0. The van der Waals surface area contributed by atoms with Crippen molar-refractivity contribution >= 4 is 10.9 Å². The van der Waals surface area contributed by atoms with Crippen molar-refractivity contribution in [2.24, 2.45) is 5.41 Å². The first-order chi connectivity index (χ1) is 8.69. The van der Waals surface area contributed by atoms with Gasteiger partial charge in [-0.3, -0.25) is 9.78 Å². The fraction of sp³-hybridized carbons (Fsp3) is 0.500. The highest BCUT2D eigenvalue weighted by atomic mass is 16.1. The van der Waals surface area contributed by atoms with Crippen LogP contribution in [0.2, 0.25) is 0 Å². The third-order valence-corrected chi connectivity index (χ3v) is 3.33. The van der Waals surface area contributed by atoms with Gasteiger partial charge in [0.25, 0.3) is 0 Å². The minimum atomic E-state index is -0.0606. The molecule has 0 bridgehead atoms. The summed E-state index contributed by atoms with van der Waals surface area (Å²) in [5.41, 5.74) is 2.05. The SMILES string of the molecule is CC(C)(C)CC(C)(C)c1cc(=O)c2cnccc2[nH]1. The average molecular weight is 258 g/mol. The highest BCUT2D eigenvalue weighted by molar-refractivity contribution is 5.77. The van der Waals surface area contributed by atoms with Crippen molar-refractivity contribution in [1.82, 2.24) is 9.97 Å². The molecule has 0 fully saturated rings. The van der Waals surface area contributed by atoms with Crippen LogP contribution in [0.25, 0.3) is 10.9 Å². The van der Waals surface area contributed by atoms with Gasteiger partial charge in [0.1, 0.15) is 0 Å². The zero-order valence-corrected chi connectivity index (χ0v) is 12.4. The number of rotatable bonds is 2. The van der Waals surface area contributed by atoms with E-state index in [2.05, 4.69) is 44.6 Å². The smallest absolute Gasteiger partial charge is 0.191 e. The van der Waals surface area contributed by atoms with Crippen LogP contribution in [0.5, 0.6) is 0 Å². The van der Waals surface area contributed by atoms with Crippen LogP contribution in [0.15, 0.2) is 29.3 Å². The van der Waals surface area contributed by atoms with E-state index in [0.717, 1.165) is 17.6 Å². The Bertz CT molecular complexity index is 648. The highest BCUT2D eigenvalue weighted by Crippen LogP contribution is 2.35. The summed E-state index contributed by atoms with van der Waals surface area (Å²) < 4.78 is 0. The zero-order chi connectivity index (χ0) is 14.3. The predicted molar refractivity (Wildman–Crippen MR) is 79.5 cm³/mol. The maximum absolute atomic E-state index is 12.2. The van der Waals surface area contributed by atoms with Crippen LogP contribution in [-0.4, -0.2) is 9.97 Å². The molecular formula is C16H22N2O. The standard InChI is InChI=1S/C16H22N2O/c1-15(2,3)10-16(4,5)14-8-13(19)11-9-17-7-6-12(11)18-14/h6-9H,10H2,1-5H3,(H,18,19). The molecule has 0 aliphatic carbocycles. The number of H-pyrrole nitrogens is 1. The normalized spacial score (nSPS) is 12.9. The van der Waals surface area contributed by atoms with Crippen LogP contribution < -0.4 is 5.43 Å². The third-order valence-electron chi connectivity index (χ3n) is 3.33. The van der Waals surface area contributed by atoms with E-state index in [1.165, 1.54) is 0 Å². The summed E-state index contributed by atoms with van der Waals surface area (Å²) in [6, 6.07) is 3.57. The summed E-state index contributed by atoms with van der Waals surface area (Å²) in [5.74, 6) is 0. The van der Waals surface area contributed by atoms with Gasteiger partial charge in [-0.05, 0) is 17.9 Å². The molecule has 0 spiro atoms. The molecule has 0 aliphatic heterocycles. The summed E-state index contributed by atoms with van der Waals surface area (Å²) in [5, 5.41) is 0.651. The fourth-order valence-corrected chi connectivity index (χ4v) is 2.88. The van der Waals surface area contributed by atoms with E-state index in [1.54, 1.807) is 18.5 Å². The average Bonchev–Trinajstić information content (AvgIpc) is 2.26. The number of aromatic amines is 1. The van der Waals surface area contributed by atoms with Gasteiger partial charge in [0.05, 0.1) is 10.9 Å². The lowest BCUT2D eigenvalue weighted by atomic mass is 9.74. The molecule has 1 N–H and O–H groups in total. The van der Waals surface area contributed by atoms with Crippen LogP contribution in [0.3, 0.4) is 0 Å². The van der Waals surface area contributed by atoms with Crippen molar-refractivity contribution < 1.29 is 0 Å². The van der Waals surface area contributed by atoms with E-state index in [-0.39, 0.29) is 16.3 Å². The van der Waals surface area contributed by atoms with Crippen molar-refractivity contribution in [2.45, 2.75) is 46.5 Å². The molecular weight excluding hydrogens is 236 g/mol. The molecule has 2 rings (SSSR count). The molecule has 102 valence electrons. The van der Waals surface area contributed by atoms with Crippen molar-refractivity contribution in [3.05, 3.63) is 40.4 Å². The second kappa shape index (κ2) is 4.48. The van der Waals surface area contributed by atoms with E-state index < -0.39 is 0 Å². The van der Waals surface area contributed by atoms with Gasteiger partial charge in [0, 0.05) is 29.6 Å². The Morgan fingerprint density at radius 1 is 1.21 bits per heavy atom. The number of fused-ring (bicyclic) bond motifs is 1. The van der Waals surface area contributed by atoms with Gasteiger partial charge in [0.2, 0.25) is 0 Å². The molecule has 0 aliphatic rings. The second-order valence-corrected chi connectivity index (χ2v) is 7.09. The Morgan fingerprint density at radius 3 is 2.53 bits per heavy atom. The second-order valence-electron chi connectivity index (χ2n) is 7.09. The Labute approximate surface area is 114 Å². The molecule has 0 radical (unpaired) electrons. The molecule has 2 aromatic rings. The summed E-state index contributed by atoms with van der Waals surface area (Å²) in [4.78, 5) is 19.5. The minimum Gasteiger partial charge on any atom is -0.358 e. The summed E-state index contributed by atoms with van der Waals surface area (Å²) >= 11 is 0. The first-order valence-corrected chi connectivity index (χ1v) is 6.67. The van der Waals surface area contributed by atoms with Gasteiger partial charge in [-0.1, -0.05) is 34.6 Å². The fourth-order valence-electron chi connectivity index (χ4n) is 2.88. The minimum absolute atomic E-state index is 0.0406. The van der Waals surface area contributed by atoms with Crippen LogP contribution in [0.1, 0.15) is 46.7 Å². The van der Waals surface area contributed by atoms with E-state index in [1.807, 2.05) is 6.07 Å². The van der Waals surface area contributed by atoms with Crippen LogP contribution in [0.4, 0.5) is 0 Å². The van der Waals surface area contributed by atoms with Gasteiger partial charge in [-0.25, -0.2) is 0 Å². The lowest BCUT2D eigenvalue weighted by Crippen LogP contribution is -2.27. The molecule has 3 heteroatoms. The molecule has 0 saturated carbocycles. The van der Waals surface area contributed by atoms with E-state index in [9.17, 15) is 4.79 Å². The third kappa shape index (κ3) is 3.03. The topological polar surface area (TPSA) is 45.8 Å². The molecule has 0 saturated heterocycles. The van der Waals surface area contributed by atoms with Crippen molar-refractivity contribution in [1.29, 1.82) is 0 Å². The Kier molecular flexibility index (Phi) is 3.25.